The molecule has 0 aliphatic rings. The normalized spacial score (nSPS) is 12.2. The lowest BCUT2D eigenvalue weighted by Gasteiger charge is -2.20. The number of hydrogen-bond donors (Lipinski definition) is 2. The molecular formula is C26H27N3O2S2. The molecule has 33 heavy (non-hydrogen) atoms. The van der Waals surface area contributed by atoms with Crippen molar-refractivity contribution in [2.75, 3.05) is 6.54 Å². The van der Waals surface area contributed by atoms with Gasteiger partial charge in [0, 0.05) is 17.3 Å². The summed E-state index contributed by atoms with van der Waals surface area (Å²) in [4.78, 5) is 34.7. The van der Waals surface area contributed by atoms with Crippen molar-refractivity contribution in [2.45, 2.75) is 37.7 Å². The summed E-state index contributed by atoms with van der Waals surface area (Å²) in [6.07, 6.45) is 0. The van der Waals surface area contributed by atoms with Crippen molar-refractivity contribution >= 4 is 39.2 Å². The van der Waals surface area contributed by atoms with Crippen LogP contribution in [0.25, 0.3) is 10.2 Å². The number of carbonyl (C=O) groups excluding carboxylic acids is 1. The maximum atomic E-state index is 12.8. The third-order valence-corrected chi connectivity index (χ3v) is 8.07. The van der Waals surface area contributed by atoms with Crippen LogP contribution in [0.3, 0.4) is 0 Å². The van der Waals surface area contributed by atoms with Gasteiger partial charge in [0.15, 0.2) is 0 Å². The van der Waals surface area contributed by atoms with Crippen LogP contribution in [0.5, 0.6) is 0 Å². The average molecular weight is 478 g/mol. The lowest BCUT2D eigenvalue weighted by atomic mass is 9.91. The van der Waals surface area contributed by atoms with Crippen molar-refractivity contribution in [3.63, 3.8) is 0 Å². The molecule has 0 spiro atoms. The summed E-state index contributed by atoms with van der Waals surface area (Å²) < 4.78 is 0. The Hall–Kier alpha value is -2.90. The molecule has 1 unspecified atom stereocenters. The standard InChI is InChI=1S/C26H27N3O2S2/c1-16-17(2)33-26-23(16)25(31)28-22(29-26)15-32-18(3)24(30)27-14-21(19-10-6-4-7-11-19)20-12-8-5-9-13-20/h4-13,18,21H,14-15H2,1-3H3,(H,27,30)(H,28,29,31). The molecule has 0 saturated heterocycles. The van der Waals surface area contributed by atoms with Gasteiger partial charge in [0.05, 0.1) is 16.4 Å². The number of aromatic amines is 1. The number of nitrogens with one attached hydrogen (secondary N) is 2. The summed E-state index contributed by atoms with van der Waals surface area (Å²) >= 11 is 3.00. The van der Waals surface area contributed by atoms with Gasteiger partial charge in [-0.2, -0.15) is 0 Å². The summed E-state index contributed by atoms with van der Waals surface area (Å²) in [5, 5.41) is 3.52. The van der Waals surface area contributed by atoms with Gasteiger partial charge in [-0.3, -0.25) is 9.59 Å². The fourth-order valence-electron chi connectivity index (χ4n) is 3.79. The van der Waals surface area contributed by atoms with E-state index < -0.39 is 0 Å². The maximum Gasteiger partial charge on any atom is 0.259 e. The van der Waals surface area contributed by atoms with Gasteiger partial charge >= 0.3 is 0 Å². The number of nitrogens with zero attached hydrogens (tertiary/aromatic N) is 1. The van der Waals surface area contributed by atoms with E-state index in [4.69, 9.17) is 0 Å². The fourth-order valence-corrected chi connectivity index (χ4v) is 5.62. The third kappa shape index (κ3) is 5.37. The minimum absolute atomic E-state index is 0.0249. The lowest BCUT2D eigenvalue weighted by molar-refractivity contribution is -0.120. The second kappa shape index (κ2) is 10.4. The molecule has 1 amide bonds. The molecule has 0 fully saturated rings. The highest BCUT2D eigenvalue weighted by Crippen LogP contribution is 2.27. The highest BCUT2D eigenvalue weighted by Gasteiger charge is 2.19. The topological polar surface area (TPSA) is 74.8 Å². The summed E-state index contributed by atoms with van der Waals surface area (Å²) in [5.74, 6) is 1.13. The predicted octanol–water partition coefficient (Wildman–Crippen LogP) is 5.17. The minimum Gasteiger partial charge on any atom is -0.354 e. The first kappa shape index (κ1) is 23.3. The first-order valence-electron chi connectivity index (χ1n) is 10.9. The number of thiophene rings is 1. The molecule has 1 atom stereocenters. The van der Waals surface area contributed by atoms with Crippen molar-refractivity contribution < 1.29 is 4.79 Å². The highest BCUT2D eigenvalue weighted by atomic mass is 32.2. The smallest absolute Gasteiger partial charge is 0.259 e. The second-order valence-electron chi connectivity index (χ2n) is 8.05. The zero-order chi connectivity index (χ0) is 23.4. The molecule has 0 bridgehead atoms. The number of fused-ring (bicyclic) bond motifs is 1. The first-order chi connectivity index (χ1) is 15.9. The van der Waals surface area contributed by atoms with Crippen LogP contribution < -0.4 is 10.9 Å². The molecule has 0 radical (unpaired) electrons. The molecule has 0 aliphatic carbocycles. The Morgan fingerprint density at radius 2 is 1.67 bits per heavy atom. The Labute approximate surface area is 201 Å². The van der Waals surface area contributed by atoms with E-state index in [0.717, 1.165) is 15.3 Å². The van der Waals surface area contributed by atoms with E-state index in [0.29, 0.717) is 23.5 Å². The number of H-pyrrole nitrogens is 1. The van der Waals surface area contributed by atoms with Gasteiger partial charge in [-0.05, 0) is 37.5 Å². The number of benzene rings is 2. The average Bonchev–Trinajstić information content (AvgIpc) is 3.12. The van der Waals surface area contributed by atoms with E-state index in [-0.39, 0.29) is 22.6 Å². The van der Waals surface area contributed by atoms with Crippen LogP contribution in [-0.2, 0) is 10.5 Å². The van der Waals surface area contributed by atoms with Crippen molar-refractivity contribution in [1.82, 2.24) is 15.3 Å². The summed E-state index contributed by atoms with van der Waals surface area (Å²) in [6, 6.07) is 20.4. The van der Waals surface area contributed by atoms with Gasteiger partial charge in [-0.15, -0.1) is 23.1 Å². The fraction of sp³-hybridized carbons (Fsp3) is 0.269. The summed E-state index contributed by atoms with van der Waals surface area (Å²) in [7, 11) is 0. The van der Waals surface area contributed by atoms with Gasteiger partial charge in [0.25, 0.3) is 5.56 Å². The monoisotopic (exact) mass is 477 g/mol. The first-order valence-corrected chi connectivity index (χ1v) is 12.8. The predicted molar refractivity (Wildman–Crippen MR) is 138 cm³/mol. The molecule has 7 heteroatoms. The second-order valence-corrected chi connectivity index (χ2v) is 10.6. The molecule has 2 aromatic carbocycles. The number of carbonyl (C=O) groups is 1. The highest BCUT2D eigenvalue weighted by molar-refractivity contribution is 7.99. The van der Waals surface area contributed by atoms with E-state index in [1.165, 1.54) is 34.2 Å². The Morgan fingerprint density at radius 3 is 2.27 bits per heavy atom. The van der Waals surface area contributed by atoms with Crippen LogP contribution >= 0.6 is 23.1 Å². The summed E-state index contributed by atoms with van der Waals surface area (Å²) in [5.41, 5.74) is 3.21. The van der Waals surface area contributed by atoms with Gasteiger partial charge in [-0.1, -0.05) is 60.7 Å². The largest absolute Gasteiger partial charge is 0.354 e. The molecular weight excluding hydrogens is 450 g/mol. The molecule has 4 aromatic rings. The molecule has 0 aliphatic heterocycles. The van der Waals surface area contributed by atoms with Crippen LogP contribution in [0.4, 0.5) is 0 Å². The third-order valence-electron chi connectivity index (χ3n) is 5.81. The van der Waals surface area contributed by atoms with Gasteiger partial charge in [-0.25, -0.2) is 4.98 Å². The molecule has 2 heterocycles. The Kier molecular flexibility index (Phi) is 7.30. The van der Waals surface area contributed by atoms with E-state index in [1.807, 2.05) is 57.2 Å². The number of hydrogen-bond acceptors (Lipinski definition) is 5. The van der Waals surface area contributed by atoms with E-state index in [9.17, 15) is 9.59 Å². The van der Waals surface area contributed by atoms with Gasteiger partial charge in [0.1, 0.15) is 10.7 Å². The zero-order valence-corrected chi connectivity index (χ0v) is 20.6. The zero-order valence-electron chi connectivity index (χ0n) is 18.9. The van der Waals surface area contributed by atoms with Gasteiger partial charge < -0.3 is 10.3 Å². The molecule has 170 valence electrons. The van der Waals surface area contributed by atoms with Gasteiger partial charge in [0.2, 0.25) is 5.91 Å². The molecule has 5 nitrogen and oxygen atoms in total. The van der Waals surface area contributed by atoms with Crippen molar-refractivity contribution in [2.24, 2.45) is 0 Å². The van der Waals surface area contributed by atoms with Crippen LogP contribution in [0.2, 0.25) is 0 Å². The Bertz CT molecular complexity index is 1260. The molecule has 2 aromatic heterocycles. The SMILES string of the molecule is Cc1sc2nc(CSC(C)C(=O)NCC(c3ccccc3)c3ccccc3)[nH]c(=O)c2c1C. The summed E-state index contributed by atoms with van der Waals surface area (Å²) in [6.45, 7) is 6.35. The van der Waals surface area contributed by atoms with Crippen LogP contribution in [0.15, 0.2) is 65.5 Å². The van der Waals surface area contributed by atoms with E-state index >= 15 is 0 Å². The quantitative estimate of drug-likeness (QED) is 0.367. The van der Waals surface area contributed by atoms with Crippen molar-refractivity contribution in [3.8, 4) is 0 Å². The number of amides is 1. The Morgan fingerprint density at radius 1 is 1.06 bits per heavy atom. The van der Waals surface area contributed by atoms with Crippen LogP contribution in [0.1, 0.15) is 40.2 Å². The number of rotatable bonds is 8. The van der Waals surface area contributed by atoms with Crippen LogP contribution in [-0.4, -0.2) is 27.7 Å². The Balaban J connectivity index is 1.40. The number of aryl methyl sites for hydroxylation is 2. The molecule has 0 saturated carbocycles. The van der Waals surface area contributed by atoms with Crippen molar-refractivity contribution in [3.05, 3.63) is 98.4 Å². The minimum atomic E-state index is -0.273. The van der Waals surface area contributed by atoms with E-state index in [2.05, 4.69) is 39.6 Å². The lowest BCUT2D eigenvalue weighted by Crippen LogP contribution is -2.34. The van der Waals surface area contributed by atoms with E-state index in [1.54, 1.807) is 0 Å². The van der Waals surface area contributed by atoms with Crippen molar-refractivity contribution in [1.29, 1.82) is 0 Å². The number of thioether (sulfide) groups is 1. The molecule has 2 N–H and O–H groups in total. The maximum absolute atomic E-state index is 12.8. The molecule has 4 rings (SSSR count). The number of aromatic nitrogens is 2. The van der Waals surface area contributed by atoms with Crippen LogP contribution in [0, 0.1) is 13.8 Å².